The summed E-state index contributed by atoms with van der Waals surface area (Å²) >= 11 is -2.20. The van der Waals surface area contributed by atoms with Crippen LogP contribution >= 0.6 is 0 Å². The summed E-state index contributed by atoms with van der Waals surface area (Å²) in [5, 5.41) is 0. The summed E-state index contributed by atoms with van der Waals surface area (Å²) in [6, 6.07) is 0. The average molecular weight is 504 g/mol. The summed E-state index contributed by atoms with van der Waals surface area (Å²) in [7, 11) is 0. The van der Waals surface area contributed by atoms with Gasteiger partial charge in [-0.25, -0.2) is 0 Å². The summed E-state index contributed by atoms with van der Waals surface area (Å²) in [5.41, 5.74) is 5.23. The van der Waals surface area contributed by atoms with Gasteiger partial charge in [0.2, 0.25) is 0 Å². The second kappa shape index (κ2) is 11.9. The van der Waals surface area contributed by atoms with E-state index in [0.717, 1.165) is 0 Å². The van der Waals surface area contributed by atoms with Gasteiger partial charge in [-0.3, -0.25) is 0 Å². The molecule has 0 spiro atoms. The van der Waals surface area contributed by atoms with E-state index in [9.17, 15) is 0 Å². The van der Waals surface area contributed by atoms with Crippen LogP contribution in [-0.2, 0) is 0 Å². The van der Waals surface area contributed by atoms with E-state index in [1.54, 1.807) is 16.7 Å². The van der Waals surface area contributed by atoms with Crippen molar-refractivity contribution in [1.82, 2.24) is 0 Å². The van der Waals surface area contributed by atoms with Gasteiger partial charge < -0.3 is 0 Å². The molecule has 0 saturated heterocycles. The normalized spacial score (nSPS) is 18.5. The predicted octanol–water partition coefficient (Wildman–Crippen LogP) is 8.82. The first-order valence-electron chi connectivity index (χ1n) is 11.8. The topological polar surface area (TPSA) is 0 Å². The summed E-state index contributed by atoms with van der Waals surface area (Å²) in [6.45, 7) is 7.00. The Morgan fingerprint density at radius 3 is 1.18 bits per heavy atom. The molecule has 0 N–H and O–H groups in total. The quantitative estimate of drug-likeness (QED) is 0.250. The van der Waals surface area contributed by atoms with Crippen LogP contribution in [0.15, 0.2) is 56.4 Å². The van der Waals surface area contributed by atoms with Gasteiger partial charge in [0.05, 0.1) is 0 Å². The Labute approximate surface area is 188 Å². The third-order valence-corrected chi connectivity index (χ3v) is 17.0. The molecule has 0 aromatic heterocycles. The number of hydrogen-bond acceptors (Lipinski definition) is 0. The first-order valence-corrected chi connectivity index (χ1v) is 16.5. The van der Waals surface area contributed by atoms with Gasteiger partial charge >= 0.3 is 190 Å². The van der Waals surface area contributed by atoms with E-state index in [1.165, 1.54) is 77.0 Å². The van der Waals surface area contributed by atoms with Crippen LogP contribution < -0.4 is 0 Å². The molecule has 0 fully saturated rings. The minimum atomic E-state index is -2.20. The summed E-state index contributed by atoms with van der Waals surface area (Å²) in [5.74, 6) is 0. The van der Waals surface area contributed by atoms with E-state index in [-0.39, 0.29) is 0 Å². The van der Waals surface area contributed by atoms with Crippen molar-refractivity contribution in [3.8, 4) is 0 Å². The predicted molar refractivity (Wildman–Crippen MR) is 121 cm³/mol. The zero-order valence-electron chi connectivity index (χ0n) is 18.4. The molecule has 0 saturated carbocycles. The van der Waals surface area contributed by atoms with Gasteiger partial charge in [-0.05, 0) is 0 Å². The zero-order chi connectivity index (χ0) is 19.8. The molecule has 3 aliphatic carbocycles. The van der Waals surface area contributed by atoms with Crippen LogP contribution in [0.4, 0.5) is 0 Å². The average Bonchev–Trinajstić information content (AvgIpc) is 3.46. The molecule has 1 heteroatoms. The van der Waals surface area contributed by atoms with Crippen molar-refractivity contribution < 1.29 is 35.5 Å². The third-order valence-electron chi connectivity index (χ3n) is 6.39. The standard InChI is InChI=1S/3C9H13.Ce/c3*1-2-3-6-9-7-4-5-8-9;/h3*4,7H,2-3,5-6H2,1H3;. The molecule has 0 aliphatic heterocycles. The summed E-state index contributed by atoms with van der Waals surface area (Å²) in [4.78, 5) is 0. The molecule has 0 heterocycles. The molecule has 0 nitrogen and oxygen atoms in total. The Balaban J connectivity index is 2.00. The van der Waals surface area contributed by atoms with Crippen molar-refractivity contribution in [3.05, 3.63) is 56.4 Å². The van der Waals surface area contributed by atoms with Crippen LogP contribution in [0, 0.1) is 35.5 Å². The molecule has 0 bridgehead atoms. The fraction of sp³-hybridized carbons (Fsp3) is 0.556. The first kappa shape index (κ1) is 22.5. The van der Waals surface area contributed by atoms with Gasteiger partial charge in [-0.1, -0.05) is 0 Å². The first-order chi connectivity index (χ1) is 13.8. The fourth-order valence-corrected chi connectivity index (χ4v) is 16.2. The van der Waals surface area contributed by atoms with Gasteiger partial charge in [-0.15, -0.1) is 0 Å². The molecule has 0 aromatic carbocycles. The van der Waals surface area contributed by atoms with Crippen molar-refractivity contribution in [3.63, 3.8) is 0 Å². The summed E-state index contributed by atoms with van der Waals surface area (Å²) < 4.78 is 5.83. The molecule has 3 aliphatic rings. The molecule has 3 rings (SSSR count). The maximum atomic E-state index is 2.50. The van der Waals surface area contributed by atoms with E-state index in [1.807, 2.05) is 3.27 Å². The molecule has 0 unspecified atom stereocenters. The zero-order valence-corrected chi connectivity index (χ0v) is 21.6. The van der Waals surface area contributed by atoms with E-state index in [0.29, 0.717) is 0 Å². The molecule has 0 radical (unpaired) electrons. The van der Waals surface area contributed by atoms with Crippen LogP contribution in [0.25, 0.3) is 0 Å². The Kier molecular flexibility index (Phi) is 9.53. The van der Waals surface area contributed by atoms with Gasteiger partial charge in [-0.2, -0.15) is 0 Å². The van der Waals surface area contributed by atoms with E-state index in [2.05, 4.69) is 57.2 Å². The van der Waals surface area contributed by atoms with E-state index >= 15 is 0 Å². The minimum absolute atomic E-state index is 1.26. The van der Waals surface area contributed by atoms with Crippen molar-refractivity contribution in [2.75, 3.05) is 0 Å². The van der Waals surface area contributed by atoms with Gasteiger partial charge in [0.25, 0.3) is 0 Å². The van der Waals surface area contributed by atoms with Crippen molar-refractivity contribution in [1.29, 1.82) is 0 Å². The van der Waals surface area contributed by atoms with Gasteiger partial charge in [0, 0.05) is 0 Å². The van der Waals surface area contributed by atoms with Gasteiger partial charge in [0.1, 0.15) is 0 Å². The van der Waals surface area contributed by atoms with Crippen LogP contribution in [-0.4, -0.2) is 0 Å². The molecule has 0 aromatic rings. The van der Waals surface area contributed by atoms with Gasteiger partial charge in [0.15, 0.2) is 0 Å². The monoisotopic (exact) mass is 503 g/mol. The molecular formula is C27H39Ce. The number of rotatable bonds is 12. The Morgan fingerprint density at radius 2 is 0.893 bits per heavy atom. The number of allylic oxidation sites excluding steroid dienone is 12. The molecule has 0 atom stereocenters. The molecule has 151 valence electrons. The van der Waals surface area contributed by atoms with Crippen LogP contribution in [0.1, 0.15) is 97.8 Å². The van der Waals surface area contributed by atoms with Crippen molar-refractivity contribution >= 4 is 0 Å². The van der Waals surface area contributed by atoms with E-state index < -0.39 is 35.5 Å². The fourth-order valence-electron chi connectivity index (χ4n) is 4.79. The molecule has 28 heavy (non-hydrogen) atoms. The second-order valence-corrected chi connectivity index (χ2v) is 16.6. The Hall–Kier alpha value is -0.183. The number of hydrogen-bond donors (Lipinski definition) is 0. The molecular weight excluding hydrogens is 464 g/mol. The number of unbranched alkanes of at least 4 members (excludes halogenated alkanes) is 3. The Morgan fingerprint density at radius 1 is 0.571 bits per heavy atom. The van der Waals surface area contributed by atoms with E-state index in [4.69, 9.17) is 0 Å². The van der Waals surface area contributed by atoms with Crippen molar-refractivity contribution in [2.24, 2.45) is 0 Å². The second-order valence-electron chi connectivity index (χ2n) is 8.52. The van der Waals surface area contributed by atoms with Crippen LogP contribution in [0.3, 0.4) is 0 Å². The SMILES string of the molecule is CCCCC1=[C]([Ce]([C]2=C(CCCC)C=CC2)[C]2=C(CCCC)C=CC2)CC=C1. The maximum absolute atomic E-state index is 2.50. The third kappa shape index (κ3) is 5.49. The summed E-state index contributed by atoms with van der Waals surface area (Å²) in [6.07, 6.45) is 30.6. The van der Waals surface area contributed by atoms with Crippen LogP contribution in [0.2, 0.25) is 0 Å². The Bertz CT molecular complexity index is 624. The van der Waals surface area contributed by atoms with Crippen LogP contribution in [0.5, 0.6) is 0 Å². The molecule has 0 amide bonds. The van der Waals surface area contributed by atoms with Crippen molar-refractivity contribution in [2.45, 2.75) is 97.8 Å².